The fraction of sp³-hybridized carbons (Fsp3) is 0.743. The number of unbranched alkanes of at least 4 members (excludes halogenated alkanes) is 1. The molecule has 0 aliphatic carbocycles. The van der Waals surface area contributed by atoms with Gasteiger partial charge < -0.3 is 67.8 Å². The van der Waals surface area contributed by atoms with Crippen molar-refractivity contribution in [1.82, 2.24) is 10.6 Å². The molecule has 0 heterocycles. The van der Waals surface area contributed by atoms with E-state index in [1.165, 1.54) is 0 Å². The third-order valence-corrected chi connectivity index (χ3v) is 6.69. The summed E-state index contributed by atoms with van der Waals surface area (Å²) in [5, 5.41) is 14.5. The zero-order valence-electron chi connectivity index (χ0n) is 30.6. The molecular formula is C35H60N2O15. The van der Waals surface area contributed by atoms with Crippen LogP contribution in [-0.4, -0.2) is 168 Å². The maximum absolute atomic E-state index is 12.0. The maximum Gasteiger partial charge on any atom is 0.408 e. The number of methoxy groups -OCH3 is 1. The van der Waals surface area contributed by atoms with Crippen molar-refractivity contribution in [2.45, 2.75) is 31.9 Å². The van der Waals surface area contributed by atoms with Gasteiger partial charge in [-0.15, -0.1) is 0 Å². The van der Waals surface area contributed by atoms with Gasteiger partial charge in [-0.2, -0.15) is 0 Å². The van der Waals surface area contributed by atoms with E-state index in [1.54, 1.807) is 19.2 Å². The number of rotatable bonds is 38. The summed E-state index contributed by atoms with van der Waals surface area (Å²) in [6.07, 6.45) is 0.421. The summed E-state index contributed by atoms with van der Waals surface area (Å²) >= 11 is 0. The monoisotopic (exact) mass is 748 g/mol. The summed E-state index contributed by atoms with van der Waals surface area (Å²) in [4.78, 5) is 35.4. The zero-order valence-corrected chi connectivity index (χ0v) is 30.6. The Morgan fingerprint density at radius 3 is 1.44 bits per heavy atom. The lowest BCUT2D eigenvalue weighted by Gasteiger charge is -2.14. The number of carbonyl (C=O) groups is 3. The molecule has 300 valence electrons. The Kier molecular flexibility index (Phi) is 32.9. The molecule has 0 fully saturated rings. The Hall–Kier alpha value is -2.97. The van der Waals surface area contributed by atoms with E-state index in [2.05, 4.69) is 10.6 Å². The van der Waals surface area contributed by atoms with Crippen LogP contribution >= 0.6 is 0 Å². The molecule has 17 heteroatoms. The molecule has 0 aliphatic heterocycles. The average Bonchev–Trinajstić information content (AvgIpc) is 3.14. The van der Waals surface area contributed by atoms with Gasteiger partial charge in [-0.25, -0.2) is 9.59 Å². The van der Waals surface area contributed by atoms with Crippen LogP contribution in [0.1, 0.15) is 24.8 Å². The lowest BCUT2D eigenvalue weighted by molar-refractivity contribution is -0.139. The van der Waals surface area contributed by atoms with Crippen molar-refractivity contribution in [3.63, 3.8) is 0 Å². The first-order valence-corrected chi connectivity index (χ1v) is 17.7. The number of hydrogen-bond donors (Lipinski definition) is 3. The van der Waals surface area contributed by atoms with E-state index in [-0.39, 0.29) is 32.1 Å². The minimum atomic E-state index is -1.15. The second-order valence-electron chi connectivity index (χ2n) is 10.9. The Bertz CT molecular complexity index is 977. The topological polar surface area (TPSA) is 197 Å². The van der Waals surface area contributed by atoms with Crippen molar-refractivity contribution < 1.29 is 71.6 Å². The molecule has 3 N–H and O–H groups in total. The summed E-state index contributed by atoms with van der Waals surface area (Å²) in [7, 11) is 1.63. The molecule has 2 amide bonds. The normalized spacial score (nSPS) is 11.7. The number of nitrogens with one attached hydrogen (secondary N) is 2. The predicted octanol–water partition coefficient (Wildman–Crippen LogP) is 1.45. The van der Waals surface area contributed by atoms with E-state index in [1.807, 2.05) is 18.2 Å². The van der Waals surface area contributed by atoms with Crippen LogP contribution in [0.15, 0.2) is 30.3 Å². The van der Waals surface area contributed by atoms with E-state index in [0.717, 1.165) is 5.56 Å². The standard InChI is InChI=1S/C35H60N2O15/c1-42-11-12-43-13-14-44-15-16-45-17-18-46-19-20-47-21-22-48-23-24-49-25-26-50-27-28-51-30-33(38)36-10-6-5-9-32(34(39)40)37-35(41)52-29-31-7-3-2-4-8-31/h2-4,7-8,32H,5-6,9-30H2,1H3,(H,36,38)(H,37,41)(H,39,40)/t32-/m0/s1. The molecule has 1 aromatic rings. The number of carboxylic acids is 1. The number of amides is 2. The Morgan fingerprint density at radius 2 is 1.02 bits per heavy atom. The number of hydrogen-bond acceptors (Lipinski definition) is 14. The van der Waals surface area contributed by atoms with E-state index in [4.69, 9.17) is 52.1 Å². The highest BCUT2D eigenvalue weighted by Gasteiger charge is 2.20. The third kappa shape index (κ3) is 31.7. The molecule has 0 spiro atoms. The van der Waals surface area contributed by atoms with Crippen LogP contribution in [-0.2, 0) is 68.3 Å². The van der Waals surface area contributed by atoms with Crippen molar-refractivity contribution in [3.05, 3.63) is 35.9 Å². The Balaban J connectivity index is 1.78. The highest BCUT2D eigenvalue weighted by molar-refractivity contribution is 5.79. The smallest absolute Gasteiger partial charge is 0.408 e. The molecule has 0 radical (unpaired) electrons. The van der Waals surface area contributed by atoms with Gasteiger partial charge in [0.25, 0.3) is 0 Å². The van der Waals surface area contributed by atoms with Gasteiger partial charge in [0.1, 0.15) is 19.3 Å². The van der Waals surface area contributed by atoms with Gasteiger partial charge in [0.05, 0.1) is 119 Å². The number of aliphatic carboxylic acids is 1. The number of carbonyl (C=O) groups excluding carboxylic acids is 2. The predicted molar refractivity (Wildman–Crippen MR) is 187 cm³/mol. The molecule has 1 rings (SSSR count). The molecule has 0 aromatic heterocycles. The van der Waals surface area contributed by atoms with Crippen molar-refractivity contribution >= 4 is 18.0 Å². The lowest BCUT2D eigenvalue weighted by Crippen LogP contribution is -2.41. The molecule has 0 saturated carbocycles. The summed E-state index contributed by atoms with van der Waals surface area (Å²) in [6.45, 7) is 8.65. The average molecular weight is 749 g/mol. The van der Waals surface area contributed by atoms with Gasteiger partial charge in [0, 0.05) is 13.7 Å². The highest BCUT2D eigenvalue weighted by Crippen LogP contribution is 2.04. The van der Waals surface area contributed by atoms with E-state index in [0.29, 0.717) is 132 Å². The van der Waals surface area contributed by atoms with Crippen LogP contribution < -0.4 is 10.6 Å². The molecule has 0 unspecified atom stereocenters. The quantitative estimate of drug-likeness (QED) is 0.0822. The van der Waals surface area contributed by atoms with Gasteiger partial charge in [-0.05, 0) is 24.8 Å². The number of benzene rings is 1. The number of alkyl carbamates (subject to hydrolysis) is 1. The van der Waals surface area contributed by atoms with Crippen LogP contribution in [0.3, 0.4) is 0 Å². The lowest BCUT2D eigenvalue weighted by atomic mass is 10.1. The van der Waals surface area contributed by atoms with Crippen molar-refractivity contribution in [1.29, 1.82) is 0 Å². The molecular weight excluding hydrogens is 688 g/mol. The van der Waals surface area contributed by atoms with E-state index < -0.39 is 18.1 Å². The second-order valence-corrected chi connectivity index (χ2v) is 10.9. The summed E-state index contributed by atoms with van der Waals surface area (Å²) < 4.78 is 58.6. The van der Waals surface area contributed by atoms with Crippen LogP contribution in [0, 0.1) is 0 Å². The van der Waals surface area contributed by atoms with Crippen molar-refractivity contribution in [3.8, 4) is 0 Å². The van der Waals surface area contributed by atoms with E-state index >= 15 is 0 Å². The summed E-state index contributed by atoms with van der Waals surface area (Å²) in [5.41, 5.74) is 0.798. The van der Waals surface area contributed by atoms with Crippen LogP contribution in [0.4, 0.5) is 4.79 Å². The Morgan fingerprint density at radius 1 is 0.596 bits per heavy atom. The summed E-state index contributed by atoms with van der Waals surface area (Å²) in [6, 6.07) is 8.00. The van der Waals surface area contributed by atoms with Crippen LogP contribution in [0.2, 0.25) is 0 Å². The molecule has 0 aliphatic rings. The zero-order chi connectivity index (χ0) is 37.6. The van der Waals surface area contributed by atoms with Gasteiger partial charge >= 0.3 is 12.1 Å². The fourth-order valence-corrected chi connectivity index (χ4v) is 3.98. The maximum atomic E-state index is 12.0. The number of ether oxygens (including phenoxy) is 11. The van der Waals surface area contributed by atoms with Crippen molar-refractivity contribution in [2.24, 2.45) is 0 Å². The molecule has 17 nitrogen and oxygen atoms in total. The largest absolute Gasteiger partial charge is 0.480 e. The van der Waals surface area contributed by atoms with Crippen LogP contribution in [0.25, 0.3) is 0 Å². The highest BCUT2D eigenvalue weighted by atomic mass is 16.6. The molecule has 1 aromatic carbocycles. The summed E-state index contributed by atoms with van der Waals surface area (Å²) in [5.74, 6) is -1.43. The van der Waals surface area contributed by atoms with Crippen LogP contribution in [0.5, 0.6) is 0 Å². The second kappa shape index (κ2) is 36.4. The van der Waals surface area contributed by atoms with Gasteiger partial charge in [-0.1, -0.05) is 30.3 Å². The van der Waals surface area contributed by atoms with E-state index in [9.17, 15) is 19.5 Å². The molecule has 52 heavy (non-hydrogen) atoms. The first kappa shape index (κ1) is 47.1. The first-order chi connectivity index (χ1) is 25.5. The fourth-order valence-electron chi connectivity index (χ4n) is 3.98. The third-order valence-electron chi connectivity index (χ3n) is 6.69. The van der Waals surface area contributed by atoms with Gasteiger partial charge in [0.2, 0.25) is 5.91 Å². The SMILES string of the molecule is COCCOCCOCCOCCOCCOCCOCCOCCOCCOCC(=O)NCCCC[C@H](NC(=O)OCc1ccccc1)C(=O)O. The molecule has 0 saturated heterocycles. The van der Waals surface area contributed by atoms with Crippen molar-refractivity contribution in [2.75, 3.05) is 139 Å². The number of carboxylic acid groups (broad SMARTS) is 1. The minimum Gasteiger partial charge on any atom is -0.480 e. The first-order valence-electron chi connectivity index (χ1n) is 17.7. The minimum absolute atomic E-state index is 0.0464. The van der Waals surface area contributed by atoms with Gasteiger partial charge in [0.15, 0.2) is 0 Å². The van der Waals surface area contributed by atoms with Gasteiger partial charge in [-0.3, -0.25) is 4.79 Å². The Labute approximate surface area is 307 Å². The molecule has 1 atom stereocenters. The molecule has 0 bridgehead atoms.